The fourth-order valence-corrected chi connectivity index (χ4v) is 2.67. The zero-order valence-corrected chi connectivity index (χ0v) is 17.0. The third-order valence-electron chi connectivity index (χ3n) is 3.94. The third-order valence-corrected chi connectivity index (χ3v) is 3.94. The van der Waals surface area contributed by atoms with E-state index in [1.54, 1.807) is 31.2 Å². The quantitative estimate of drug-likeness (QED) is 0.668. The van der Waals surface area contributed by atoms with E-state index >= 15 is 0 Å². The van der Waals surface area contributed by atoms with Crippen LogP contribution in [0.5, 0.6) is 0 Å². The van der Waals surface area contributed by atoms with Crippen molar-refractivity contribution < 1.29 is 19.1 Å². The van der Waals surface area contributed by atoms with E-state index in [4.69, 9.17) is 4.74 Å². The predicted octanol–water partition coefficient (Wildman–Crippen LogP) is 3.42. The molecule has 2 N–H and O–H groups in total. The smallest absolute Gasteiger partial charge is 0.325 e. The summed E-state index contributed by atoms with van der Waals surface area (Å²) >= 11 is 0. The number of urea groups is 1. The van der Waals surface area contributed by atoms with Gasteiger partial charge in [-0.1, -0.05) is 30.3 Å². The monoisotopic (exact) mass is 397 g/mol. The summed E-state index contributed by atoms with van der Waals surface area (Å²) in [4.78, 5) is 38.2. The topological polar surface area (TPSA) is 87.7 Å². The van der Waals surface area contributed by atoms with Gasteiger partial charge in [0.25, 0.3) is 5.91 Å². The van der Waals surface area contributed by atoms with Crippen molar-refractivity contribution in [3.05, 3.63) is 65.7 Å². The van der Waals surface area contributed by atoms with Gasteiger partial charge in [0.05, 0.1) is 6.61 Å². The van der Waals surface area contributed by atoms with Gasteiger partial charge in [0.2, 0.25) is 0 Å². The van der Waals surface area contributed by atoms with E-state index in [2.05, 4.69) is 10.6 Å². The molecule has 0 aliphatic heterocycles. The molecule has 0 saturated heterocycles. The van der Waals surface area contributed by atoms with Crippen molar-refractivity contribution in [2.45, 2.75) is 33.4 Å². The van der Waals surface area contributed by atoms with Crippen LogP contribution in [0.25, 0.3) is 0 Å². The standard InChI is InChI=1S/C22H27N3O4/c1-4-29-20(26)15-25(14-17-8-6-5-7-9-17)21(27)18-10-12-19(13-11-18)24-22(28)23-16(2)3/h5-13,16H,4,14-15H2,1-3H3,(H2,23,24,28). The maximum Gasteiger partial charge on any atom is 0.325 e. The number of esters is 1. The van der Waals surface area contributed by atoms with Crippen molar-refractivity contribution in [3.63, 3.8) is 0 Å². The Morgan fingerprint density at radius 2 is 1.66 bits per heavy atom. The highest BCUT2D eigenvalue weighted by Gasteiger charge is 2.20. The summed E-state index contributed by atoms with van der Waals surface area (Å²) in [5.41, 5.74) is 1.90. The summed E-state index contributed by atoms with van der Waals surface area (Å²) in [7, 11) is 0. The lowest BCUT2D eigenvalue weighted by Crippen LogP contribution is -2.36. The van der Waals surface area contributed by atoms with E-state index in [1.807, 2.05) is 44.2 Å². The Balaban J connectivity index is 2.12. The second kappa shape index (κ2) is 10.8. The van der Waals surface area contributed by atoms with Crippen molar-refractivity contribution in [1.82, 2.24) is 10.2 Å². The second-order valence-electron chi connectivity index (χ2n) is 6.78. The minimum atomic E-state index is -0.458. The van der Waals surface area contributed by atoms with Gasteiger partial charge in [-0.2, -0.15) is 0 Å². The summed E-state index contributed by atoms with van der Waals surface area (Å²) in [5.74, 6) is -0.750. The lowest BCUT2D eigenvalue weighted by molar-refractivity contribution is -0.143. The number of rotatable bonds is 8. The number of benzene rings is 2. The van der Waals surface area contributed by atoms with Gasteiger partial charge in [0.15, 0.2) is 0 Å². The van der Waals surface area contributed by atoms with Crippen LogP contribution in [0.3, 0.4) is 0 Å². The largest absolute Gasteiger partial charge is 0.465 e. The molecule has 7 nitrogen and oxygen atoms in total. The van der Waals surface area contributed by atoms with E-state index in [-0.39, 0.29) is 37.7 Å². The molecule has 0 radical (unpaired) electrons. The zero-order chi connectivity index (χ0) is 21.2. The maximum absolute atomic E-state index is 13.0. The maximum atomic E-state index is 13.0. The van der Waals surface area contributed by atoms with Gasteiger partial charge < -0.3 is 20.3 Å². The molecule has 154 valence electrons. The number of carbonyl (C=O) groups is 3. The number of hydrogen-bond acceptors (Lipinski definition) is 4. The summed E-state index contributed by atoms with van der Waals surface area (Å²) < 4.78 is 5.00. The molecule has 0 unspecified atom stereocenters. The van der Waals surface area contributed by atoms with Gasteiger partial charge in [0.1, 0.15) is 6.54 Å². The Labute approximate surface area is 171 Å². The first-order chi connectivity index (χ1) is 13.9. The van der Waals surface area contributed by atoms with Gasteiger partial charge in [0, 0.05) is 23.8 Å². The normalized spacial score (nSPS) is 10.3. The first kappa shape index (κ1) is 21.9. The molecule has 2 aromatic carbocycles. The summed E-state index contributed by atoms with van der Waals surface area (Å²) in [6, 6.07) is 15.7. The molecule has 0 aromatic heterocycles. The van der Waals surface area contributed by atoms with Crippen LogP contribution in [-0.2, 0) is 16.1 Å². The average molecular weight is 397 g/mol. The summed E-state index contributed by atoms with van der Waals surface area (Å²) in [5, 5.41) is 5.44. The van der Waals surface area contributed by atoms with Crippen molar-refractivity contribution in [3.8, 4) is 0 Å². The lowest BCUT2D eigenvalue weighted by atomic mass is 10.1. The summed E-state index contributed by atoms with van der Waals surface area (Å²) in [6.45, 7) is 5.86. The fraction of sp³-hybridized carbons (Fsp3) is 0.318. The van der Waals surface area contributed by atoms with Crippen molar-refractivity contribution in [2.24, 2.45) is 0 Å². The molecule has 0 heterocycles. The van der Waals surface area contributed by atoms with Crippen LogP contribution in [0.2, 0.25) is 0 Å². The van der Waals surface area contributed by atoms with E-state index in [9.17, 15) is 14.4 Å². The van der Waals surface area contributed by atoms with Crippen LogP contribution in [0.15, 0.2) is 54.6 Å². The highest BCUT2D eigenvalue weighted by atomic mass is 16.5. The Bertz CT molecular complexity index is 820. The van der Waals surface area contributed by atoms with E-state index in [1.165, 1.54) is 4.90 Å². The third kappa shape index (κ3) is 7.29. The number of hydrogen-bond donors (Lipinski definition) is 2. The van der Waals surface area contributed by atoms with Gasteiger partial charge >= 0.3 is 12.0 Å². The lowest BCUT2D eigenvalue weighted by Gasteiger charge is -2.22. The molecule has 0 aliphatic carbocycles. The van der Waals surface area contributed by atoms with Crippen molar-refractivity contribution in [2.75, 3.05) is 18.5 Å². The molecule has 0 fully saturated rings. The molecule has 2 rings (SSSR count). The molecule has 0 spiro atoms. The molecule has 0 saturated carbocycles. The molecule has 29 heavy (non-hydrogen) atoms. The Morgan fingerprint density at radius 3 is 2.24 bits per heavy atom. The Morgan fingerprint density at radius 1 is 1.00 bits per heavy atom. The van der Waals surface area contributed by atoms with Gasteiger partial charge in [-0.3, -0.25) is 9.59 Å². The van der Waals surface area contributed by atoms with Crippen LogP contribution < -0.4 is 10.6 Å². The number of carbonyl (C=O) groups excluding carboxylic acids is 3. The van der Waals surface area contributed by atoms with Crippen LogP contribution in [-0.4, -0.2) is 42.0 Å². The van der Waals surface area contributed by atoms with Gasteiger partial charge in [-0.25, -0.2) is 4.79 Å². The molecule has 0 aliphatic rings. The molecule has 7 heteroatoms. The minimum Gasteiger partial charge on any atom is -0.465 e. The van der Waals surface area contributed by atoms with Crippen molar-refractivity contribution >= 4 is 23.6 Å². The van der Waals surface area contributed by atoms with Crippen LogP contribution >= 0.6 is 0 Å². The Hall–Kier alpha value is -3.35. The molecule has 2 aromatic rings. The average Bonchev–Trinajstić information content (AvgIpc) is 2.68. The number of anilines is 1. The highest BCUT2D eigenvalue weighted by Crippen LogP contribution is 2.14. The molecule has 0 bridgehead atoms. The fourth-order valence-electron chi connectivity index (χ4n) is 2.67. The first-order valence-electron chi connectivity index (χ1n) is 9.55. The number of amides is 3. The molecule has 0 atom stereocenters. The number of nitrogens with one attached hydrogen (secondary N) is 2. The highest BCUT2D eigenvalue weighted by molar-refractivity contribution is 5.97. The van der Waals surface area contributed by atoms with Crippen LogP contribution in [0.1, 0.15) is 36.7 Å². The van der Waals surface area contributed by atoms with E-state index in [0.29, 0.717) is 11.3 Å². The minimum absolute atomic E-state index is 0.0188. The summed E-state index contributed by atoms with van der Waals surface area (Å²) in [6.07, 6.45) is 0. The second-order valence-corrected chi connectivity index (χ2v) is 6.78. The zero-order valence-electron chi connectivity index (χ0n) is 17.0. The SMILES string of the molecule is CCOC(=O)CN(Cc1ccccc1)C(=O)c1ccc(NC(=O)NC(C)C)cc1. The van der Waals surface area contributed by atoms with Crippen LogP contribution in [0, 0.1) is 0 Å². The van der Waals surface area contributed by atoms with Gasteiger partial charge in [-0.15, -0.1) is 0 Å². The van der Waals surface area contributed by atoms with E-state index < -0.39 is 5.97 Å². The first-order valence-corrected chi connectivity index (χ1v) is 9.55. The Kier molecular flexibility index (Phi) is 8.21. The molecule has 3 amide bonds. The predicted molar refractivity (Wildman–Crippen MR) is 112 cm³/mol. The van der Waals surface area contributed by atoms with E-state index in [0.717, 1.165) is 5.56 Å². The van der Waals surface area contributed by atoms with Crippen LogP contribution in [0.4, 0.5) is 10.5 Å². The molecular weight excluding hydrogens is 370 g/mol. The number of nitrogens with zero attached hydrogens (tertiary/aromatic N) is 1. The number of ether oxygens (including phenoxy) is 1. The molecular formula is C22H27N3O4. The van der Waals surface area contributed by atoms with Crippen molar-refractivity contribution in [1.29, 1.82) is 0 Å². The van der Waals surface area contributed by atoms with Gasteiger partial charge in [-0.05, 0) is 50.6 Å².